The Labute approximate surface area is 178 Å². The lowest BCUT2D eigenvalue weighted by atomic mass is 10.1. The smallest absolute Gasteiger partial charge is 0.305 e. The molecule has 1 aliphatic heterocycles. The van der Waals surface area contributed by atoms with Crippen molar-refractivity contribution in [2.45, 2.75) is 12.5 Å². The van der Waals surface area contributed by atoms with Gasteiger partial charge in [-0.05, 0) is 6.07 Å². The standard InChI is InChI=1S/C19H18F2N6O3S/c1-25-16-15(17(29)26(2)19(25)30)13(27(3)24-16)7-14(28)23-18-22-12(8-31-18)10-5-4-9(20)6-11(10)21/h4-6,12H,7-8H2,1-3H3,(H,22,23,28). The molecule has 4 rings (SSSR count). The second-order valence-electron chi connectivity index (χ2n) is 7.13. The summed E-state index contributed by atoms with van der Waals surface area (Å²) in [5.41, 5.74) is -0.248. The first-order valence-electron chi connectivity index (χ1n) is 9.24. The molecule has 0 bridgehead atoms. The molecule has 0 radical (unpaired) electrons. The minimum absolute atomic E-state index is 0.171. The maximum atomic E-state index is 14.0. The molecule has 1 atom stereocenters. The highest BCUT2D eigenvalue weighted by Gasteiger charge is 2.25. The number of halogens is 2. The summed E-state index contributed by atoms with van der Waals surface area (Å²) in [7, 11) is 4.45. The van der Waals surface area contributed by atoms with Gasteiger partial charge >= 0.3 is 5.69 Å². The average Bonchev–Trinajstić information content (AvgIpc) is 3.29. The number of aryl methyl sites for hydroxylation is 2. The van der Waals surface area contributed by atoms with Crippen LogP contribution in [0, 0.1) is 11.6 Å². The summed E-state index contributed by atoms with van der Waals surface area (Å²) >= 11 is 1.24. The summed E-state index contributed by atoms with van der Waals surface area (Å²) in [4.78, 5) is 41.6. The predicted molar refractivity (Wildman–Crippen MR) is 112 cm³/mol. The third-order valence-electron chi connectivity index (χ3n) is 5.10. The van der Waals surface area contributed by atoms with E-state index in [0.717, 1.165) is 16.7 Å². The third kappa shape index (κ3) is 3.67. The van der Waals surface area contributed by atoms with E-state index in [4.69, 9.17) is 0 Å². The molecule has 0 aliphatic carbocycles. The highest BCUT2D eigenvalue weighted by molar-refractivity contribution is 8.14. The molecule has 0 saturated carbocycles. The van der Waals surface area contributed by atoms with Crippen LogP contribution in [0.1, 0.15) is 17.3 Å². The number of amides is 1. The van der Waals surface area contributed by atoms with Gasteiger partial charge in [-0.3, -0.25) is 28.4 Å². The number of aromatic nitrogens is 4. The number of aliphatic imine (C=N–C) groups is 1. The number of thioether (sulfide) groups is 1. The van der Waals surface area contributed by atoms with Crippen molar-refractivity contribution in [3.63, 3.8) is 0 Å². The summed E-state index contributed by atoms with van der Waals surface area (Å²) in [6.07, 6.45) is -0.171. The summed E-state index contributed by atoms with van der Waals surface area (Å²) in [5, 5.41) is 7.37. The largest absolute Gasteiger partial charge is 0.332 e. The first-order chi connectivity index (χ1) is 14.7. The number of benzene rings is 1. The molecule has 1 aliphatic rings. The topological polar surface area (TPSA) is 103 Å². The number of fused-ring (bicyclic) bond motifs is 1. The average molecular weight is 448 g/mol. The second-order valence-corrected chi connectivity index (χ2v) is 8.14. The Bertz CT molecular complexity index is 1370. The van der Waals surface area contributed by atoms with Gasteiger partial charge in [0.15, 0.2) is 10.8 Å². The Morgan fingerprint density at radius 2 is 1.97 bits per heavy atom. The van der Waals surface area contributed by atoms with Crippen LogP contribution in [0.5, 0.6) is 0 Å². The molecule has 0 spiro atoms. The Kier molecular flexibility index (Phi) is 5.25. The van der Waals surface area contributed by atoms with Gasteiger partial charge in [-0.25, -0.2) is 13.6 Å². The van der Waals surface area contributed by atoms with Gasteiger partial charge in [0.1, 0.15) is 17.0 Å². The van der Waals surface area contributed by atoms with Gasteiger partial charge in [-0.2, -0.15) is 5.10 Å². The first-order valence-corrected chi connectivity index (χ1v) is 10.2. The SMILES string of the molecule is Cn1nc2c(c1CC(=O)NC1=NC(c3ccc(F)cc3F)CS1)c(=O)n(C)c(=O)n2C. The van der Waals surface area contributed by atoms with Crippen molar-refractivity contribution in [2.24, 2.45) is 26.1 Å². The fraction of sp³-hybridized carbons (Fsp3) is 0.316. The molecular formula is C19H18F2N6O3S. The molecule has 1 aromatic carbocycles. The van der Waals surface area contributed by atoms with Gasteiger partial charge < -0.3 is 5.32 Å². The number of carbonyl (C=O) groups excluding carboxylic acids is 1. The monoisotopic (exact) mass is 448 g/mol. The van der Waals surface area contributed by atoms with Gasteiger partial charge in [-0.1, -0.05) is 17.8 Å². The van der Waals surface area contributed by atoms with E-state index in [-0.39, 0.29) is 23.0 Å². The highest BCUT2D eigenvalue weighted by Crippen LogP contribution is 2.31. The zero-order valence-corrected chi connectivity index (χ0v) is 17.7. The van der Waals surface area contributed by atoms with E-state index in [1.807, 2.05) is 0 Å². The molecule has 0 saturated heterocycles. The summed E-state index contributed by atoms with van der Waals surface area (Å²) in [6, 6.07) is 2.76. The molecule has 0 fully saturated rings. The fourth-order valence-electron chi connectivity index (χ4n) is 3.46. The van der Waals surface area contributed by atoms with Crippen molar-refractivity contribution in [1.29, 1.82) is 0 Å². The third-order valence-corrected chi connectivity index (χ3v) is 6.07. The van der Waals surface area contributed by atoms with Crippen LogP contribution in [-0.2, 0) is 32.4 Å². The maximum absolute atomic E-state index is 14.0. The van der Waals surface area contributed by atoms with Gasteiger partial charge in [0.2, 0.25) is 5.91 Å². The molecule has 12 heteroatoms. The molecular weight excluding hydrogens is 430 g/mol. The van der Waals surface area contributed by atoms with Crippen LogP contribution < -0.4 is 16.6 Å². The van der Waals surface area contributed by atoms with Crippen molar-refractivity contribution in [1.82, 2.24) is 24.2 Å². The number of nitrogens with zero attached hydrogens (tertiary/aromatic N) is 5. The number of carbonyl (C=O) groups is 1. The lowest BCUT2D eigenvalue weighted by Gasteiger charge is -2.07. The molecule has 1 N–H and O–H groups in total. The second kappa shape index (κ2) is 7.76. The van der Waals surface area contributed by atoms with Crippen molar-refractivity contribution in [2.75, 3.05) is 5.75 Å². The van der Waals surface area contributed by atoms with Crippen molar-refractivity contribution >= 4 is 33.9 Å². The van der Waals surface area contributed by atoms with Gasteiger partial charge in [-0.15, -0.1) is 0 Å². The molecule has 3 heterocycles. The van der Waals surface area contributed by atoms with Crippen molar-refractivity contribution < 1.29 is 13.6 Å². The lowest BCUT2D eigenvalue weighted by Crippen LogP contribution is -2.37. The Hall–Kier alpha value is -3.28. The first kappa shape index (κ1) is 21.0. The zero-order chi connectivity index (χ0) is 22.4. The maximum Gasteiger partial charge on any atom is 0.332 e. The molecule has 2 aromatic heterocycles. The number of amidine groups is 1. The summed E-state index contributed by atoms with van der Waals surface area (Å²) in [6.45, 7) is 0. The normalized spacial score (nSPS) is 16.0. The minimum Gasteiger partial charge on any atom is -0.305 e. The van der Waals surface area contributed by atoms with E-state index in [2.05, 4.69) is 15.4 Å². The quantitative estimate of drug-likeness (QED) is 0.637. The van der Waals surface area contributed by atoms with E-state index in [9.17, 15) is 23.2 Å². The van der Waals surface area contributed by atoms with Gasteiger partial charge in [0.25, 0.3) is 5.56 Å². The number of rotatable bonds is 3. The number of hydrogen-bond donors (Lipinski definition) is 1. The van der Waals surface area contributed by atoms with E-state index >= 15 is 0 Å². The van der Waals surface area contributed by atoms with Gasteiger partial charge in [0.05, 0.1) is 18.2 Å². The molecule has 1 unspecified atom stereocenters. The molecule has 162 valence electrons. The number of nitrogens with one attached hydrogen (secondary N) is 1. The highest BCUT2D eigenvalue weighted by atomic mass is 32.2. The van der Waals surface area contributed by atoms with Crippen LogP contribution in [0.4, 0.5) is 8.78 Å². The molecule has 1 amide bonds. The van der Waals surface area contributed by atoms with Crippen molar-refractivity contribution in [3.8, 4) is 0 Å². The zero-order valence-electron chi connectivity index (χ0n) is 16.8. The van der Waals surface area contributed by atoms with E-state index in [1.54, 1.807) is 7.05 Å². The van der Waals surface area contributed by atoms with Crippen LogP contribution in [0.2, 0.25) is 0 Å². The Morgan fingerprint density at radius 1 is 1.23 bits per heavy atom. The fourth-order valence-corrected chi connectivity index (χ4v) is 4.42. The van der Waals surface area contributed by atoms with Crippen molar-refractivity contribution in [3.05, 3.63) is 61.9 Å². The Morgan fingerprint density at radius 3 is 2.68 bits per heavy atom. The predicted octanol–water partition coefficient (Wildman–Crippen LogP) is 0.752. The van der Waals surface area contributed by atoms with Crippen LogP contribution in [0.15, 0.2) is 32.8 Å². The van der Waals surface area contributed by atoms with E-state index in [1.165, 1.54) is 41.2 Å². The molecule has 3 aromatic rings. The van der Waals surface area contributed by atoms with E-state index in [0.29, 0.717) is 16.6 Å². The summed E-state index contributed by atoms with van der Waals surface area (Å²) < 4.78 is 30.7. The molecule has 9 nitrogen and oxygen atoms in total. The van der Waals surface area contributed by atoms with Crippen LogP contribution in [-0.4, -0.2) is 35.7 Å². The Balaban J connectivity index is 1.57. The van der Waals surface area contributed by atoms with Crippen LogP contribution in [0.25, 0.3) is 11.0 Å². The molecule has 31 heavy (non-hydrogen) atoms. The number of hydrogen-bond acceptors (Lipinski definition) is 6. The van der Waals surface area contributed by atoms with Gasteiger partial charge in [0, 0.05) is 38.5 Å². The lowest BCUT2D eigenvalue weighted by molar-refractivity contribution is -0.119. The van der Waals surface area contributed by atoms with Crippen LogP contribution >= 0.6 is 11.8 Å². The summed E-state index contributed by atoms with van der Waals surface area (Å²) in [5.74, 6) is -1.40. The van der Waals surface area contributed by atoms with Crippen LogP contribution in [0.3, 0.4) is 0 Å². The van der Waals surface area contributed by atoms with E-state index < -0.39 is 34.8 Å². The minimum atomic E-state index is -0.690.